The van der Waals surface area contributed by atoms with Gasteiger partial charge in [-0.25, -0.2) is 5.48 Å². The summed E-state index contributed by atoms with van der Waals surface area (Å²) in [6.07, 6.45) is 1.22. The molecule has 5 aromatic rings. The van der Waals surface area contributed by atoms with Crippen LogP contribution in [0.1, 0.15) is 66.8 Å². The van der Waals surface area contributed by atoms with Gasteiger partial charge in [-0.15, -0.1) is 5.10 Å². The molecule has 2 heterocycles. The van der Waals surface area contributed by atoms with Crippen molar-refractivity contribution < 1.29 is 29.4 Å². The molecule has 0 unspecified atom stereocenters. The Labute approximate surface area is 300 Å². The molecular weight excluding hydrogens is 669 g/mol. The molecule has 0 aliphatic carbocycles. The van der Waals surface area contributed by atoms with E-state index in [0.29, 0.717) is 43.1 Å². The first-order valence-corrected chi connectivity index (χ1v) is 17.8. The molecule has 0 spiro atoms. The average molecular weight is 709 g/mol. The molecule has 2 amide bonds. The molecule has 0 radical (unpaired) electrons. The van der Waals surface area contributed by atoms with E-state index in [2.05, 4.69) is 26.9 Å². The van der Waals surface area contributed by atoms with Crippen molar-refractivity contribution in [2.75, 3.05) is 5.75 Å². The fourth-order valence-electron chi connectivity index (χ4n) is 5.80. The van der Waals surface area contributed by atoms with E-state index in [0.717, 1.165) is 39.1 Å². The molecule has 264 valence electrons. The van der Waals surface area contributed by atoms with Gasteiger partial charge in [-0.1, -0.05) is 96.7 Å². The van der Waals surface area contributed by atoms with Crippen LogP contribution in [0.25, 0.3) is 16.8 Å². The number of amides is 2. The second-order valence-electron chi connectivity index (χ2n) is 12.2. The number of rotatable bonds is 15. The number of para-hydroxylation sites is 1. The van der Waals surface area contributed by atoms with Crippen molar-refractivity contribution in [1.29, 1.82) is 0 Å². The molecule has 1 aliphatic heterocycles. The Morgan fingerprint density at radius 2 is 1.57 bits per heavy atom. The highest BCUT2D eigenvalue weighted by Gasteiger charge is 2.32. The number of aromatic nitrogens is 4. The van der Waals surface area contributed by atoms with Crippen molar-refractivity contribution >= 4 is 23.6 Å². The van der Waals surface area contributed by atoms with Gasteiger partial charge in [0.05, 0.1) is 24.5 Å². The number of aliphatic hydroxyl groups excluding tert-OH is 1. The lowest BCUT2D eigenvalue weighted by Crippen LogP contribution is -2.31. The smallest absolute Gasteiger partial charge is 0.243 e. The zero-order valence-electron chi connectivity index (χ0n) is 27.9. The summed E-state index contributed by atoms with van der Waals surface area (Å²) in [4.78, 5) is 23.4. The molecular formula is C38H40N6O6S. The minimum atomic E-state index is -0.606. The molecule has 4 N–H and O–H groups in total. The van der Waals surface area contributed by atoms with Gasteiger partial charge in [0.25, 0.3) is 0 Å². The van der Waals surface area contributed by atoms with Gasteiger partial charge >= 0.3 is 0 Å². The van der Waals surface area contributed by atoms with Gasteiger partial charge in [-0.3, -0.25) is 14.8 Å². The highest BCUT2D eigenvalue weighted by Crippen LogP contribution is 2.40. The van der Waals surface area contributed by atoms with Gasteiger partial charge in [0.1, 0.15) is 0 Å². The number of aliphatic hydroxyl groups is 1. The van der Waals surface area contributed by atoms with Crippen LogP contribution in [0, 0.1) is 0 Å². The summed E-state index contributed by atoms with van der Waals surface area (Å²) in [6.45, 7) is 0.370. The summed E-state index contributed by atoms with van der Waals surface area (Å²) in [6, 6.07) is 33.7. The van der Waals surface area contributed by atoms with E-state index in [1.54, 1.807) is 10.2 Å². The molecule has 1 saturated heterocycles. The van der Waals surface area contributed by atoms with Gasteiger partial charge in [-0.2, -0.15) is 4.68 Å². The normalized spacial score (nSPS) is 17.2. The van der Waals surface area contributed by atoms with E-state index in [1.807, 2.05) is 97.1 Å². The third-order valence-electron chi connectivity index (χ3n) is 8.57. The summed E-state index contributed by atoms with van der Waals surface area (Å²) >= 11 is 1.53. The summed E-state index contributed by atoms with van der Waals surface area (Å²) in [7, 11) is 0. The Hall–Kier alpha value is -4.92. The lowest BCUT2D eigenvalue weighted by molar-refractivity contribution is -0.245. The molecule has 1 fully saturated rings. The Morgan fingerprint density at radius 1 is 0.824 bits per heavy atom. The van der Waals surface area contributed by atoms with Crippen LogP contribution in [-0.2, 0) is 32.2 Å². The molecule has 51 heavy (non-hydrogen) atoms. The maximum Gasteiger partial charge on any atom is 0.243 e. The second-order valence-corrected chi connectivity index (χ2v) is 13.2. The molecule has 0 bridgehead atoms. The first kappa shape index (κ1) is 35.9. The highest BCUT2D eigenvalue weighted by molar-refractivity contribution is 7.99. The molecule has 3 atom stereocenters. The Kier molecular flexibility index (Phi) is 12.6. The van der Waals surface area contributed by atoms with Crippen LogP contribution in [0.2, 0.25) is 0 Å². The fraction of sp³-hybridized carbons (Fsp3) is 0.289. The van der Waals surface area contributed by atoms with Gasteiger partial charge in [0, 0.05) is 37.1 Å². The van der Waals surface area contributed by atoms with E-state index in [1.165, 1.54) is 11.8 Å². The number of hydrogen-bond acceptors (Lipinski definition) is 10. The van der Waals surface area contributed by atoms with E-state index in [-0.39, 0.29) is 31.1 Å². The number of ether oxygens (including phenoxy) is 2. The van der Waals surface area contributed by atoms with E-state index in [9.17, 15) is 14.7 Å². The zero-order chi connectivity index (χ0) is 35.4. The van der Waals surface area contributed by atoms with Crippen LogP contribution >= 0.6 is 11.8 Å². The number of benzene rings is 4. The first-order chi connectivity index (χ1) is 25.0. The summed E-state index contributed by atoms with van der Waals surface area (Å²) in [5.74, 6) is 0.0725. The van der Waals surface area contributed by atoms with Gasteiger partial charge in [0.2, 0.25) is 17.0 Å². The van der Waals surface area contributed by atoms with Crippen LogP contribution in [0.15, 0.2) is 108 Å². The monoisotopic (exact) mass is 708 g/mol. The average Bonchev–Trinajstić information content (AvgIpc) is 3.67. The van der Waals surface area contributed by atoms with Crippen molar-refractivity contribution in [3.63, 3.8) is 0 Å². The van der Waals surface area contributed by atoms with Gasteiger partial charge in [-0.05, 0) is 69.3 Å². The third kappa shape index (κ3) is 9.87. The molecule has 1 aliphatic rings. The molecule has 1 aromatic heterocycles. The lowest BCUT2D eigenvalue weighted by Gasteiger charge is -2.36. The first-order valence-electron chi connectivity index (χ1n) is 16.8. The van der Waals surface area contributed by atoms with Crippen LogP contribution in [0.5, 0.6) is 0 Å². The standard InChI is InChI=1S/C38H40N6O6S/c45-24-26-13-15-29(16-14-26)34-22-33(25-51-38-40-42-43-44(38)32-9-2-1-3-10-32)49-37(50-34)30-19-17-28(18-20-30)31-8-6-7-27(21-31)23-39-35(46)11-4-5-12-36(47)41-48/h1-3,6-10,13-21,33-34,37,45,48H,4-5,11-12,22-25H2,(H,39,46)(H,41,47)/t33-,34+,37+/m0/s1. The Morgan fingerprint density at radius 3 is 2.31 bits per heavy atom. The van der Waals surface area contributed by atoms with Crippen LogP contribution in [-0.4, -0.2) is 54.2 Å². The quantitative estimate of drug-likeness (QED) is 0.0450. The van der Waals surface area contributed by atoms with Gasteiger partial charge in [0.15, 0.2) is 6.29 Å². The van der Waals surface area contributed by atoms with Crippen molar-refractivity contribution in [3.8, 4) is 16.8 Å². The van der Waals surface area contributed by atoms with Crippen LogP contribution in [0.3, 0.4) is 0 Å². The summed E-state index contributed by atoms with van der Waals surface area (Å²) < 4.78 is 14.8. The number of thioether (sulfide) groups is 1. The second kappa shape index (κ2) is 17.8. The minimum absolute atomic E-state index is 0.0219. The SMILES string of the molecule is O=C(CCCCC(=O)NCc1cccc(-c2ccc([C@@H]3O[C@H](CSc4nnnn4-c4ccccc4)C[C@H](c4ccc(CO)cc4)O3)cc2)c1)NO. The number of unbranched alkanes of at least 4 members (excludes halogenated alkanes) is 1. The fourth-order valence-corrected chi connectivity index (χ4v) is 6.71. The molecule has 6 rings (SSSR count). The van der Waals surface area contributed by atoms with E-state index >= 15 is 0 Å². The molecule has 13 heteroatoms. The maximum absolute atomic E-state index is 12.3. The van der Waals surface area contributed by atoms with Crippen LogP contribution in [0.4, 0.5) is 0 Å². The van der Waals surface area contributed by atoms with Crippen molar-refractivity contribution in [2.45, 2.75) is 68.9 Å². The number of nitrogens with one attached hydrogen (secondary N) is 2. The summed E-state index contributed by atoms with van der Waals surface area (Å²) in [5, 5.41) is 34.1. The Balaban J connectivity index is 1.11. The number of hydrogen-bond donors (Lipinski definition) is 4. The summed E-state index contributed by atoms with van der Waals surface area (Å²) in [5.41, 5.74) is 8.22. The molecule has 0 saturated carbocycles. The Bertz CT molecular complexity index is 1870. The highest BCUT2D eigenvalue weighted by atomic mass is 32.2. The van der Waals surface area contributed by atoms with Crippen molar-refractivity contribution in [2.24, 2.45) is 0 Å². The number of carbonyl (C=O) groups excluding carboxylic acids is 2. The largest absolute Gasteiger partial charge is 0.392 e. The van der Waals surface area contributed by atoms with Gasteiger partial charge < -0.3 is 19.9 Å². The van der Waals surface area contributed by atoms with Crippen molar-refractivity contribution in [1.82, 2.24) is 31.0 Å². The number of hydroxylamine groups is 1. The van der Waals surface area contributed by atoms with Crippen molar-refractivity contribution in [3.05, 3.63) is 125 Å². The minimum Gasteiger partial charge on any atom is -0.392 e. The zero-order valence-corrected chi connectivity index (χ0v) is 28.7. The number of carbonyl (C=O) groups is 2. The number of tetrazole rings is 1. The predicted octanol–water partition coefficient (Wildman–Crippen LogP) is 5.84. The third-order valence-corrected chi connectivity index (χ3v) is 9.62. The topological polar surface area (TPSA) is 161 Å². The maximum atomic E-state index is 12.3. The molecule has 4 aromatic carbocycles. The van der Waals surface area contributed by atoms with Crippen LogP contribution < -0.4 is 10.8 Å². The lowest BCUT2D eigenvalue weighted by atomic mass is 9.99. The predicted molar refractivity (Wildman–Crippen MR) is 190 cm³/mol. The number of nitrogens with zero attached hydrogens (tertiary/aromatic N) is 4. The van der Waals surface area contributed by atoms with E-state index < -0.39 is 12.2 Å². The van der Waals surface area contributed by atoms with E-state index in [4.69, 9.17) is 14.7 Å². The molecule has 12 nitrogen and oxygen atoms in total.